The zero-order valence-electron chi connectivity index (χ0n) is 13.2. The van der Waals surface area contributed by atoms with Crippen molar-refractivity contribution in [1.29, 1.82) is 0 Å². The second-order valence-corrected chi connectivity index (χ2v) is 5.26. The first-order valence-corrected chi connectivity index (χ1v) is 7.49. The van der Waals surface area contributed by atoms with Gasteiger partial charge in [-0.05, 0) is 35.9 Å². The summed E-state index contributed by atoms with van der Waals surface area (Å²) in [5.41, 5.74) is 2.83. The van der Waals surface area contributed by atoms with Gasteiger partial charge in [-0.25, -0.2) is 4.79 Å². The molecule has 1 aromatic heterocycles. The van der Waals surface area contributed by atoms with Crippen LogP contribution in [-0.2, 0) is 17.7 Å². The summed E-state index contributed by atoms with van der Waals surface area (Å²) in [6.07, 6.45) is 1.82. The zero-order valence-corrected chi connectivity index (χ0v) is 13.2. The lowest BCUT2D eigenvalue weighted by molar-refractivity contribution is 0.102. The van der Waals surface area contributed by atoms with Gasteiger partial charge in [0, 0.05) is 23.9 Å². The van der Waals surface area contributed by atoms with Crippen molar-refractivity contribution in [2.75, 3.05) is 19.0 Å². The molecule has 2 N–H and O–H groups in total. The maximum absolute atomic E-state index is 12.4. The number of carbonyl (C=O) groups is 2. The summed E-state index contributed by atoms with van der Waals surface area (Å²) in [5.74, 6) is 0.628. The zero-order chi connectivity index (χ0) is 16.9. The molecular formula is C17H17N3O4. The minimum Gasteiger partial charge on any atom is -0.493 e. The van der Waals surface area contributed by atoms with Crippen LogP contribution < -0.4 is 15.4 Å². The van der Waals surface area contributed by atoms with Crippen molar-refractivity contribution in [3.05, 3.63) is 53.3 Å². The Kier molecular flexibility index (Phi) is 4.60. The van der Waals surface area contributed by atoms with E-state index in [1.54, 1.807) is 12.1 Å². The molecule has 0 aliphatic carbocycles. The van der Waals surface area contributed by atoms with Crippen LogP contribution in [0.2, 0.25) is 0 Å². The predicted octanol–water partition coefficient (Wildman–Crippen LogP) is 2.12. The summed E-state index contributed by atoms with van der Waals surface area (Å²) in [4.78, 5) is 27.6. The first kappa shape index (κ1) is 15.8. The normalized spacial score (nSPS) is 12.0. The van der Waals surface area contributed by atoms with Gasteiger partial charge in [-0.1, -0.05) is 0 Å². The molecule has 24 heavy (non-hydrogen) atoms. The van der Waals surface area contributed by atoms with Crippen LogP contribution in [0.1, 0.15) is 21.6 Å². The average Bonchev–Trinajstić information content (AvgIpc) is 3.07. The van der Waals surface area contributed by atoms with Crippen LogP contribution in [0, 0.1) is 0 Å². The fourth-order valence-corrected chi connectivity index (χ4v) is 2.42. The van der Waals surface area contributed by atoms with E-state index in [2.05, 4.69) is 20.4 Å². The standard InChI is InChI=1S/C17H17N3O4/c1-23-17(22)19-10-14-9-12(4-6-18-14)16(21)20-13-2-3-15-11(8-13)5-7-24-15/h2-4,6,8-9H,5,7,10H2,1H3,(H,19,22)(H,20,21). The Morgan fingerprint density at radius 1 is 1.29 bits per heavy atom. The van der Waals surface area contributed by atoms with Gasteiger partial charge in [0.05, 0.1) is 26.0 Å². The number of fused-ring (bicyclic) bond motifs is 1. The van der Waals surface area contributed by atoms with Gasteiger partial charge in [0.2, 0.25) is 0 Å². The number of aromatic nitrogens is 1. The van der Waals surface area contributed by atoms with Gasteiger partial charge in [-0.2, -0.15) is 0 Å². The molecule has 2 heterocycles. The minimum absolute atomic E-state index is 0.185. The Hall–Kier alpha value is -3.09. The summed E-state index contributed by atoms with van der Waals surface area (Å²) in [5, 5.41) is 5.38. The smallest absolute Gasteiger partial charge is 0.407 e. The van der Waals surface area contributed by atoms with E-state index in [4.69, 9.17) is 4.74 Å². The van der Waals surface area contributed by atoms with E-state index in [0.717, 1.165) is 23.4 Å². The van der Waals surface area contributed by atoms with Crippen molar-refractivity contribution in [2.45, 2.75) is 13.0 Å². The van der Waals surface area contributed by atoms with Crippen molar-refractivity contribution in [3.63, 3.8) is 0 Å². The topological polar surface area (TPSA) is 89.5 Å². The highest BCUT2D eigenvalue weighted by Crippen LogP contribution is 2.28. The monoisotopic (exact) mass is 327 g/mol. The Labute approximate surface area is 139 Å². The molecule has 1 aliphatic rings. The highest BCUT2D eigenvalue weighted by molar-refractivity contribution is 6.04. The molecule has 2 aromatic rings. The SMILES string of the molecule is COC(=O)NCc1cc(C(=O)Nc2ccc3c(c2)CCO3)ccn1. The van der Waals surface area contributed by atoms with Crippen LogP contribution in [0.3, 0.4) is 0 Å². The number of benzene rings is 1. The average molecular weight is 327 g/mol. The van der Waals surface area contributed by atoms with Crippen molar-refractivity contribution in [2.24, 2.45) is 0 Å². The van der Waals surface area contributed by atoms with E-state index in [1.165, 1.54) is 13.3 Å². The molecule has 124 valence electrons. The molecule has 7 heteroatoms. The lowest BCUT2D eigenvalue weighted by Gasteiger charge is -2.08. The van der Waals surface area contributed by atoms with Crippen LogP contribution in [0.5, 0.6) is 5.75 Å². The minimum atomic E-state index is -0.549. The number of pyridine rings is 1. The third kappa shape index (κ3) is 3.62. The number of alkyl carbamates (subject to hydrolysis) is 1. The van der Waals surface area contributed by atoms with Gasteiger partial charge < -0.3 is 20.1 Å². The molecule has 0 bridgehead atoms. The van der Waals surface area contributed by atoms with Gasteiger partial charge in [0.15, 0.2) is 0 Å². The van der Waals surface area contributed by atoms with Crippen LogP contribution in [0.4, 0.5) is 10.5 Å². The number of nitrogens with zero attached hydrogens (tertiary/aromatic N) is 1. The van der Waals surface area contributed by atoms with Gasteiger partial charge in [0.1, 0.15) is 5.75 Å². The number of carbonyl (C=O) groups excluding carboxylic acids is 2. The maximum Gasteiger partial charge on any atom is 0.407 e. The van der Waals surface area contributed by atoms with Crippen LogP contribution >= 0.6 is 0 Å². The van der Waals surface area contributed by atoms with Crippen molar-refractivity contribution in [3.8, 4) is 5.75 Å². The van der Waals surface area contributed by atoms with Crippen LogP contribution in [0.15, 0.2) is 36.5 Å². The summed E-state index contributed by atoms with van der Waals surface area (Å²) in [7, 11) is 1.29. The Morgan fingerprint density at radius 3 is 3.00 bits per heavy atom. The molecule has 0 saturated heterocycles. The third-order valence-corrected chi connectivity index (χ3v) is 3.63. The fraction of sp³-hybridized carbons (Fsp3) is 0.235. The Bertz CT molecular complexity index is 776. The number of rotatable bonds is 4. The van der Waals surface area contributed by atoms with Crippen molar-refractivity contribution < 1.29 is 19.1 Å². The number of amides is 2. The van der Waals surface area contributed by atoms with Gasteiger partial charge in [-0.15, -0.1) is 0 Å². The highest BCUT2D eigenvalue weighted by atomic mass is 16.5. The number of nitrogens with one attached hydrogen (secondary N) is 2. The van der Waals surface area contributed by atoms with E-state index in [0.29, 0.717) is 17.9 Å². The van der Waals surface area contributed by atoms with Crippen LogP contribution in [0.25, 0.3) is 0 Å². The van der Waals surface area contributed by atoms with E-state index < -0.39 is 6.09 Å². The molecule has 1 aliphatic heterocycles. The molecule has 7 nitrogen and oxygen atoms in total. The molecule has 2 amide bonds. The van der Waals surface area contributed by atoms with Gasteiger partial charge in [-0.3, -0.25) is 9.78 Å². The third-order valence-electron chi connectivity index (χ3n) is 3.63. The summed E-state index contributed by atoms with van der Waals surface area (Å²) < 4.78 is 9.95. The number of anilines is 1. The number of hydrogen-bond donors (Lipinski definition) is 2. The van der Waals surface area contributed by atoms with Gasteiger partial charge >= 0.3 is 6.09 Å². The second-order valence-electron chi connectivity index (χ2n) is 5.26. The summed E-state index contributed by atoms with van der Waals surface area (Å²) in [6, 6.07) is 8.83. The lowest BCUT2D eigenvalue weighted by atomic mass is 10.1. The molecule has 0 saturated carbocycles. The molecular weight excluding hydrogens is 310 g/mol. The largest absolute Gasteiger partial charge is 0.493 e. The highest BCUT2D eigenvalue weighted by Gasteiger charge is 2.14. The molecule has 3 rings (SSSR count). The van der Waals surface area contributed by atoms with Crippen molar-refractivity contribution >= 4 is 17.7 Å². The lowest BCUT2D eigenvalue weighted by Crippen LogP contribution is -2.23. The molecule has 0 radical (unpaired) electrons. The van der Waals surface area contributed by atoms with Crippen LogP contribution in [-0.4, -0.2) is 30.7 Å². The Balaban J connectivity index is 1.67. The van der Waals surface area contributed by atoms with E-state index in [9.17, 15) is 9.59 Å². The number of methoxy groups -OCH3 is 1. The van der Waals surface area contributed by atoms with Crippen molar-refractivity contribution in [1.82, 2.24) is 10.3 Å². The first-order chi connectivity index (χ1) is 11.7. The molecule has 0 spiro atoms. The quantitative estimate of drug-likeness (QED) is 0.898. The maximum atomic E-state index is 12.4. The van der Waals surface area contributed by atoms with Gasteiger partial charge in [0.25, 0.3) is 5.91 Å². The molecule has 0 atom stereocenters. The molecule has 0 unspecified atom stereocenters. The van der Waals surface area contributed by atoms with E-state index >= 15 is 0 Å². The number of ether oxygens (including phenoxy) is 2. The molecule has 0 fully saturated rings. The number of hydrogen-bond acceptors (Lipinski definition) is 5. The van der Waals surface area contributed by atoms with E-state index in [1.807, 2.05) is 18.2 Å². The summed E-state index contributed by atoms with van der Waals surface area (Å²) in [6.45, 7) is 0.859. The summed E-state index contributed by atoms with van der Waals surface area (Å²) >= 11 is 0. The Morgan fingerprint density at radius 2 is 2.17 bits per heavy atom. The predicted molar refractivity (Wildman–Crippen MR) is 87.1 cm³/mol. The molecule has 1 aromatic carbocycles. The fourth-order valence-electron chi connectivity index (χ4n) is 2.42. The first-order valence-electron chi connectivity index (χ1n) is 7.49. The van der Waals surface area contributed by atoms with E-state index in [-0.39, 0.29) is 12.5 Å². The second kappa shape index (κ2) is 6.99.